The Morgan fingerprint density at radius 3 is 2.76 bits per heavy atom. The molecule has 0 atom stereocenters. The summed E-state index contributed by atoms with van der Waals surface area (Å²) in [5, 5.41) is 21.6. The molecule has 0 unspecified atom stereocenters. The third kappa shape index (κ3) is 3.51. The van der Waals surface area contributed by atoms with Crippen molar-refractivity contribution >= 4 is 15.9 Å². The van der Waals surface area contributed by atoms with Gasteiger partial charge in [-0.3, -0.25) is 0 Å². The van der Waals surface area contributed by atoms with Gasteiger partial charge in [-0.25, -0.2) is 0 Å². The van der Waals surface area contributed by atoms with E-state index in [1.807, 2.05) is 24.3 Å². The molecule has 1 aromatic carbocycles. The first-order valence-corrected chi connectivity index (χ1v) is 7.96. The minimum atomic E-state index is -0.564. The lowest BCUT2D eigenvalue weighted by Gasteiger charge is -2.21. The highest BCUT2D eigenvalue weighted by Crippen LogP contribution is 2.29. The van der Waals surface area contributed by atoms with Gasteiger partial charge in [0.2, 0.25) is 11.8 Å². The highest BCUT2D eigenvalue weighted by atomic mass is 79.9. The van der Waals surface area contributed by atoms with Gasteiger partial charge in [0.1, 0.15) is 0 Å². The van der Waals surface area contributed by atoms with E-state index in [1.165, 1.54) is 0 Å². The van der Waals surface area contributed by atoms with E-state index in [1.54, 1.807) is 0 Å². The number of halogens is 1. The molecule has 0 radical (unpaired) electrons. The molecule has 1 aromatic heterocycles. The van der Waals surface area contributed by atoms with Crippen molar-refractivity contribution in [3.05, 3.63) is 34.6 Å². The molecule has 3 rings (SSSR count). The Kier molecular flexibility index (Phi) is 4.37. The highest BCUT2D eigenvalue weighted by molar-refractivity contribution is 9.10. The van der Waals surface area contributed by atoms with Crippen LogP contribution >= 0.6 is 15.9 Å². The second-order valence-corrected chi connectivity index (χ2v) is 6.37. The number of hydrogen-bond donors (Lipinski definition) is 2. The fraction of sp³-hybridized carbons (Fsp3) is 0.467. The van der Waals surface area contributed by atoms with Gasteiger partial charge >= 0.3 is 0 Å². The van der Waals surface area contributed by atoms with E-state index in [0.29, 0.717) is 24.9 Å². The molecule has 6 heteroatoms. The molecule has 0 aliphatic heterocycles. The van der Waals surface area contributed by atoms with E-state index < -0.39 is 5.60 Å². The summed E-state index contributed by atoms with van der Waals surface area (Å²) in [6.45, 7) is 1.04. The molecule has 0 saturated heterocycles. The van der Waals surface area contributed by atoms with Gasteiger partial charge in [-0.15, -0.1) is 10.2 Å². The summed E-state index contributed by atoms with van der Waals surface area (Å²) < 4.78 is 6.58. The zero-order valence-corrected chi connectivity index (χ0v) is 13.3. The third-order valence-electron chi connectivity index (χ3n) is 3.84. The summed E-state index contributed by atoms with van der Waals surface area (Å²) in [6.07, 6.45) is 3.94. The topological polar surface area (TPSA) is 71.2 Å². The van der Waals surface area contributed by atoms with Gasteiger partial charge in [0.25, 0.3) is 0 Å². The number of aliphatic hydroxyl groups is 1. The van der Waals surface area contributed by atoms with E-state index in [9.17, 15) is 5.11 Å². The molecule has 1 aliphatic carbocycles. The lowest BCUT2D eigenvalue weighted by molar-refractivity contribution is 0.0470. The number of nitrogens with one attached hydrogen (secondary N) is 1. The van der Waals surface area contributed by atoms with Crippen LogP contribution in [0.25, 0.3) is 11.5 Å². The summed E-state index contributed by atoms with van der Waals surface area (Å²) in [5.41, 5.74) is 0.316. The average Bonchev–Trinajstić information content (AvgIpc) is 3.09. The molecule has 0 bridgehead atoms. The molecule has 1 heterocycles. The number of nitrogens with zero attached hydrogens (tertiary/aromatic N) is 2. The van der Waals surface area contributed by atoms with Crippen LogP contribution in [0.5, 0.6) is 0 Å². The quantitative estimate of drug-likeness (QED) is 0.866. The zero-order valence-electron chi connectivity index (χ0n) is 11.7. The van der Waals surface area contributed by atoms with Crippen molar-refractivity contribution in [3.63, 3.8) is 0 Å². The molecular formula is C15H18BrN3O2. The molecule has 0 spiro atoms. The Morgan fingerprint density at radius 1 is 1.24 bits per heavy atom. The largest absolute Gasteiger partial charge is 0.419 e. The predicted molar refractivity (Wildman–Crippen MR) is 82.6 cm³/mol. The van der Waals surface area contributed by atoms with Gasteiger partial charge in [-0.2, -0.15) is 0 Å². The maximum absolute atomic E-state index is 10.3. The number of hydrogen-bond acceptors (Lipinski definition) is 5. The van der Waals surface area contributed by atoms with Crippen molar-refractivity contribution in [1.82, 2.24) is 15.5 Å². The molecule has 21 heavy (non-hydrogen) atoms. The SMILES string of the molecule is OC1(CNCc2nnc(-c3ccccc3Br)o2)CCCC1. The molecular weight excluding hydrogens is 334 g/mol. The van der Waals surface area contributed by atoms with Crippen LogP contribution in [0.15, 0.2) is 33.2 Å². The Balaban J connectivity index is 1.59. The average molecular weight is 352 g/mol. The second kappa shape index (κ2) is 6.25. The van der Waals surface area contributed by atoms with E-state index >= 15 is 0 Å². The molecule has 2 N–H and O–H groups in total. The smallest absolute Gasteiger partial charge is 0.248 e. The van der Waals surface area contributed by atoms with Gasteiger partial charge in [0.15, 0.2) is 0 Å². The monoisotopic (exact) mass is 351 g/mol. The van der Waals surface area contributed by atoms with Crippen LogP contribution < -0.4 is 5.32 Å². The van der Waals surface area contributed by atoms with Crippen LogP contribution in [0.1, 0.15) is 31.6 Å². The fourth-order valence-corrected chi connectivity index (χ4v) is 3.13. The van der Waals surface area contributed by atoms with Crippen LogP contribution in [0.2, 0.25) is 0 Å². The first kappa shape index (κ1) is 14.7. The summed E-state index contributed by atoms with van der Waals surface area (Å²) in [6, 6.07) is 7.73. The van der Waals surface area contributed by atoms with E-state index in [-0.39, 0.29) is 0 Å². The molecule has 1 saturated carbocycles. The maximum Gasteiger partial charge on any atom is 0.248 e. The number of benzene rings is 1. The van der Waals surface area contributed by atoms with Crippen molar-refractivity contribution < 1.29 is 9.52 Å². The van der Waals surface area contributed by atoms with Crippen LogP contribution in [0.4, 0.5) is 0 Å². The highest BCUT2D eigenvalue weighted by Gasteiger charge is 2.30. The molecule has 1 aliphatic rings. The molecule has 5 nitrogen and oxygen atoms in total. The zero-order chi connectivity index (χ0) is 14.7. The van der Waals surface area contributed by atoms with Crippen molar-refractivity contribution in [2.75, 3.05) is 6.54 Å². The van der Waals surface area contributed by atoms with Crippen LogP contribution in [-0.2, 0) is 6.54 Å². The van der Waals surface area contributed by atoms with Crippen molar-refractivity contribution in [1.29, 1.82) is 0 Å². The van der Waals surface area contributed by atoms with Crippen LogP contribution in [0, 0.1) is 0 Å². The standard InChI is InChI=1S/C15H18BrN3O2/c16-12-6-2-1-5-11(12)14-19-18-13(21-14)9-17-10-15(20)7-3-4-8-15/h1-2,5-6,17,20H,3-4,7-10H2. The van der Waals surface area contributed by atoms with Crippen molar-refractivity contribution in [2.45, 2.75) is 37.8 Å². The van der Waals surface area contributed by atoms with E-state index in [4.69, 9.17) is 4.42 Å². The first-order chi connectivity index (χ1) is 10.2. The van der Waals surface area contributed by atoms with E-state index in [0.717, 1.165) is 35.7 Å². The van der Waals surface area contributed by atoms with Crippen molar-refractivity contribution in [3.8, 4) is 11.5 Å². The Morgan fingerprint density at radius 2 is 2.00 bits per heavy atom. The van der Waals surface area contributed by atoms with Gasteiger partial charge < -0.3 is 14.8 Å². The van der Waals surface area contributed by atoms with Crippen LogP contribution in [-0.4, -0.2) is 27.4 Å². The van der Waals surface area contributed by atoms with Gasteiger partial charge in [0, 0.05) is 11.0 Å². The summed E-state index contributed by atoms with van der Waals surface area (Å²) >= 11 is 3.47. The van der Waals surface area contributed by atoms with Crippen molar-refractivity contribution in [2.24, 2.45) is 0 Å². The normalized spacial score (nSPS) is 17.2. The number of rotatable bonds is 5. The summed E-state index contributed by atoms with van der Waals surface area (Å²) in [7, 11) is 0. The van der Waals surface area contributed by atoms with Crippen LogP contribution in [0.3, 0.4) is 0 Å². The van der Waals surface area contributed by atoms with Gasteiger partial charge in [-0.05, 0) is 40.9 Å². The summed E-state index contributed by atoms with van der Waals surface area (Å²) in [4.78, 5) is 0. The molecule has 0 amide bonds. The maximum atomic E-state index is 10.3. The lowest BCUT2D eigenvalue weighted by atomic mass is 10.0. The summed E-state index contributed by atoms with van der Waals surface area (Å²) in [5.74, 6) is 1.03. The Bertz CT molecular complexity index is 608. The van der Waals surface area contributed by atoms with Gasteiger partial charge in [-0.1, -0.05) is 25.0 Å². The molecule has 112 valence electrons. The minimum Gasteiger partial charge on any atom is -0.419 e. The second-order valence-electron chi connectivity index (χ2n) is 5.52. The lowest BCUT2D eigenvalue weighted by Crippen LogP contribution is -2.37. The Hall–Kier alpha value is -1.24. The Labute approximate surface area is 131 Å². The number of aromatic nitrogens is 2. The van der Waals surface area contributed by atoms with E-state index in [2.05, 4.69) is 31.4 Å². The third-order valence-corrected chi connectivity index (χ3v) is 4.53. The molecule has 1 fully saturated rings. The first-order valence-electron chi connectivity index (χ1n) is 7.17. The predicted octanol–water partition coefficient (Wildman–Crippen LogP) is 2.89. The van der Waals surface area contributed by atoms with Gasteiger partial charge in [0.05, 0.1) is 17.7 Å². The molecule has 2 aromatic rings. The fourth-order valence-electron chi connectivity index (χ4n) is 2.68. The minimum absolute atomic E-state index is 0.472.